The van der Waals surface area contributed by atoms with Crippen molar-refractivity contribution < 1.29 is 17.8 Å². The molecule has 6 heteroatoms. The third-order valence-electron chi connectivity index (χ3n) is 5.28. The molecule has 0 radical (unpaired) electrons. The molecule has 1 amide bonds. The van der Waals surface area contributed by atoms with Gasteiger partial charge in [0.05, 0.1) is 0 Å². The number of aliphatic hydroxyl groups is 1. The minimum atomic E-state index is -3.63. The van der Waals surface area contributed by atoms with Crippen LogP contribution in [0.25, 0.3) is 0 Å². The van der Waals surface area contributed by atoms with Gasteiger partial charge in [0, 0.05) is 0 Å². The number of rotatable bonds is 4. The van der Waals surface area contributed by atoms with Crippen molar-refractivity contribution in [3.63, 3.8) is 0 Å². The SMILES string of the molecule is C=C(C)CN1C(=O)[C@@]2([C@@H](O)[C@@H]3C=CCCC3)[C@@H]1C(C)C(=O)[Te]2=O. The molecule has 2 heterocycles. The van der Waals surface area contributed by atoms with Crippen molar-refractivity contribution >= 4 is 29.3 Å². The molecule has 3 rings (SSSR count). The molecule has 2 saturated heterocycles. The van der Waals surface area contributed by atoms with Gasteiger partial charge in [-0.15, -0.1) is 0 Å². The molecule has 23 heavy (non-hydrogen) atoms. The van der Waals surface area contributed by atoms with Crippen LogP contribution in [0.2, 0.25) is 3.46 Å². The number of fused-ring (bicyclic) bond motifs is 1. The molecule has 5 nitrogen and oxygen atoms in total. The number of hydrogen-bond acceptors (Lipinski definition) is 4. The minimum absolute atomic E-state index is 0.183. The third kappa shape index (κ3) is 2.22. The summed E-state index contributed by atoms with van der Waals surface area (Å²) in [4.78, 5) is 26.8. The molecule has 0 spiro atoms. The van der Waals surface area contributed by atoms with E-state index < -0.39 is 41.1 Å². The average Bonchev–Trinajstić information content (AvgIpc) is 2.72. The molecular formula is C17H23NO4Te. The van der Waals surface area contributed by atoms with Crippen molar-refractivity contribution in [3.8, 4) is 0 Å². The Morgan fingerprint density at radius 3 is 2.83 bits per heavy atom. The van der Waals surface area contributed by atoms with Crippen LogP contribution in [0.4, 0.5) is 0 Å². The van der Waals surface area contributed by atoms with Crippen molar-refractivity contribution in [1.29, 1.82) is 0 Å². The third-order valence-corrected chi connectivity index (χ3v) is 11.0. The van der Waals surface area contributed by atoms with E-state index >= 15 is 0 Å². The second-order valence-electron chi connectivity index (χ2n) is 6.97. The van der Waals surface area contributed by atoms with Crippen LogP contribution in [0.1, 0.15) is 33.1 Å². The second kappa shape index (κ2) is 5.91. The molecule has 2 aliphatic heterocycles. The van der Waals surface area contributed by atoms with Gasteiger partial charge in [0.2, 0.25) is 0 Å². The summed E-state index contributed by atoms with van der Waals surface area (Å²) < 4.78 is 11.3. The number of hydrogen-bond donors (Lipinski definition) is 1. The van der Waals surface area contributed by atoms with Gasteiger partial charge in [0.25, 0.3) is 0 Å². The van der Waals surface area contributed by atoms with Gasteiger partial charge < -0.3 is 0 Å². The van der Waals surface area contributed by atoms with Gasteiger partial charge in [-0.05, 0) is 0 Å². The molecule has 0 bridgehead atoms. The number of allylic oxidation sites excluding steroid dienone is 1. The van der Waals surface area contributed by atoms with Crippen LogP contribution in [0.15, 0.2) is 24.3 Å². The molecule has 1 aliphatic carbocycles. The van der Waals surface area contributed by atoms with Crippen LogP contribution in [0.5, 0.6) is 0 Å². The fourth-order valence-corrected chi connectivity index (χ4v) is 9.99. The number of carbonyl (C=O) groups excluding carboxylic acids is 2. The fourth-order valence-electron chi connectivity index (χ4n) is 4.23. The number of carbonyl (C=O) groups is 2. The zero-order chi connectivity index (χ0) is 16.9. The predicted octanol–water partition coefficient (Wildman–Crippen LogP) is 1.41. The fraction of sp³-hybridized carbons (Fsp3) is 0.647. The quantitative estimate of drug-likeness (QED) is 0.414. The molecule has 5 atom stereocenters. The van der Waals surface area contributed by atoms with Crippen LogP contribution < -0.4 is 0 Å². The van der Waals surface area contributed by atoms with E-state index in [1.54, 1.807) is 11.8 Å². The molecule has 0 aromatic carbocycles. The molecular weight excluding hydrogens is 410 g/mol. The average molecular weight is 433 g/mol. The van der Waals surface area contributed by atoms with Crippen molar-refractivity contribution in [1.82, 2.24) is 4.90 Å². The van der Waals surface area contributed by atoms with Gasteiger partial charge in [-0.2, -0.15) is 0 Å². The van der Waals surface area contributed by atoms with E-state index in [-0.39, 0.29) is 15.7 Å². The van der Waals surface area contributed by atoms with Gasteiger partial charge in [-0.3, -0.25) is 0 Å². The Morgan fingerprint density at radius 1 is 1.57 bits per heavy atom. The van der Waals surface area contributed by atoms with E-state index in [2.05, 4.69) is 6.58 Å². The topological polar surface area (TPSA) is 74.7 Å². The Bertz CT molecular complexity index is 628. The summed E-state index contributed by atoms with van der Waals surface area (Å²) in [5.41, 5.74) is 0.818. The summed E-state index contributed by atoms with van der Waals surface area (Å²) in [7, 11) is 0. The molecule has 0 saturated carbocycles. The zero-order valence-corrected chi connectivity index (χ0v) is 15.9. The summed E-state index contributed by atoms with van der Waals surface area (Å²) in [6.45, 7) is 7.75. The Morgan fingerprint density at radius 2 is 2.26 bits per heavy atom. The molecule has 1 unspecified atom stereocenters. The number of nitrogens with zero attached hydrogens (tertiary/aromatic N) is 1. The Hall–Kier alpha value is -0.830. The van der Waals surface area contributed by atoms with Crippen molar-refractivity contribution in [2.75, 3.05) is 6.54 Å². The van der Waals surface area contributed by atoms with Crippen molar-refractivity contribution in [3.05, 3.63) is 24.3 Å². The Kier molecular flexibility index (Phi) is 4.37. The van der Waals surface area contributed by atoms with E-state index in [0.29, 0.717) is 6.54 Å². The number of aliphatic hydroxyl groups excluding tert-OH is 1. The van der Waals surface area contributed by atoms with Crippen LogP contribution in [0.3, 0.4) is 0 Å². The van der Waals surface area contributed by atoms with Gasteiger partial charge in [0.15, 0.2) is 0 Å². The maximum atomic E-state index is 12.9. The van der Waals surface area contributed by atoms with E-state index in [9.17, 15) is 17.8 Å². The first kappa shape index (κ1) is 17.0. The van der Waals surface area contributed by atoms with Gasteiger partial charge in [0.1, 0.15) is 0 Å². The normalized spacial score (nSPS) is 38.4. The molecule has 1 N–H and O–H groups in total. The molecule has 2 fully saturated rings. The van der Waals surface area contributed by atoms with E-state index in [0.717, 1.165) is 24.8 Å². The first-order valence-electron chi connectivity index (χ1n) is 8.09. The Labute approximate surface area is 143 Å². The van der Waals surface area contributed by atoms with Crippen LogP contribution in [0, 0.1) is 11.8 Å². The van der Waals surface area contributed by atoms with Gasteiger partial charge in [-0.1, -0.05) is 0 Å². The maximum absolute atomic E-state index is 12.9. The molecule has 3 aliphatic rings. The van der Waals surface area contributed by atoms with E-state index in [1.165, 1.54) is 0 Å². The number of likely N-dealkylation sites (tertiary alicyclic amines) is 1. The zero-order valence-electron chi connectivity index (χ0n) is 13.5. The monoisotopic (exact) mass is 435 g/mol. The summed E-state index contributed by atoms with van der Waals surface area (Å²) in [6.07, 6.45) is 5.60. The van der Waals surface area contributed by atoms with E-state index in [4.69, 9.17) is 0 Å². The van der Waals surface area contributed by atoms with Crippen molar-refractivity contribution in [2.45, 2.75) is 48.7 Å². The van der Waals surface area contributed by atoms with Gasteiger partial charge in [-0.25, -0.2) is 0 Å². The van der Waals surface area contributed by atoms with Crippen LogP contribution >= 0.6 is 0 Å². The van der Waals surface area contributed by atoms with Crippen molar-refractivity contribution in [2.24, 2.45) is 11.8 Å². The van der Waals surface area contributed by atoms with Crippen LogP contribution in [-0.2, 0) is 12.7 Å². The standard InChI is InChI=1S/C17H23NO4Te/c1-10(2)9-18-13-11(3)15(20)23(22)17(13,16(18)21)14(19)12-7-5-4-6-8-12/h5,7,11-14,19H,1,4,6,8-9H2,2-3H3/t11?,12-,13+,14+,17+/m1/s1. The Balaban J connectivity index is 2.00. The molecule has 0 aromatic rings. The summed E-state index contributed by atoms with van der Waals surface area (Å²) >= 11 is -3.63. The first-order chi connectivity index (χ1) is 10.8. The number of β-lactam (4-membered cyclic amide) rings is 1. The summed E-state index contributed by atoms with van der Waals surface area (Å²) in [5, 5.41) is 11.0. The predicted molar refractivity (Wildman–Crippen MR) is 86.1 cm³/mol. The molecule has 0 aromatic heterocycles. The number of amides is 1. The van der Waals surface area contributed by atoms with Gasteiger partial charge >= 0.3 is 143 Å². The summed E-state index contributed by atoms with van der Waals surface area (Å²) in [5.74, 6) is -0.942. The molecule has 126 valence electrons. The van der Waals surface area contributed by atoms with Crippen LogP contribution in [-0.4, -0.2) is 58.0 Å². The van der Waals surface area contributed by atoms with E-state index in [1.807, 2.05) is 19.1 Å². The summed E-state index contributed by atoms with van der Waals surface area (Å²) in [6, 6.07) is -0.432. The first-order valence-corrected chi connectivity index (χ1v) is 11.4. The second-order valence-corrected chi connectivity index (χ2v) is 11.6.